The van der Waals surface area contributed by atoms with Gasteiger partial charge in [-0.3, -0.25) is 9.69 Å². The standard InChI is InChI=1S/C26H35ClN4O3S2.ClH/c1-18(2)16-30(17-19(3)4)36(33,34)22-10-7-20(8-11-22)25(32)31(14-13-29(5)6)26-28-23-12-9-21(27)15-24(23)35-26;/h7-12,15,18-19H,13-14,16-17H2,1-6H3;1H. The summed E-state index contributed by atoms with van der Waals surface area (Å²) in [5.74, 6) is 0.175. The topological polar surface area (TPSA) is 73.8 Å². The fourth-order valence-electron chi connectivity index (χ4n) is 3.75. The highest BCUT2D eigenvalue weighted by molar-refractivity contribution is 7.89. The first-order valence-corrected chi connectivity index (χ1v) is 14.6. The number of rotatable bonds is 11. The maximum atomic E-state index is 13.6. The molecule has 0 radical (unpaired) electrons. The van der Waals surface area contributed by atoms with Crippen LogP contribution < -0.4 is 4.90 Å². The van der Waals surface area contributed by atoms with Crippen LogP contribution in [0.3, 0.4) is 0 Å². The molecule has 3 aromatic rings. The van der Waals surface area contributed by atoms with Crippen molar-refractivity contribution in [3.8, 4) is 0 Å². The van der Waals surface area contributed by atoms with Gasteiger partial charge in [-0.1, -0.05) is 50.6 Å². The van der Waals surface area contributed by atoms with Gasteiger partial charge < -0.3 is 4.90 Å². The molecule has 204 valence electrons. The number of hydrogen-bond acceptors (Lipinski definition) is 6. The molecule has 0 spiro atoms. The Morgan fingerprint density at radius 2 is 1.57 bits per heavy atom. The second kappa shape index (κ2) is 13.4. The first-order valence-electron chi connectivity index (χ1n) is 12.0. The van der Waals surface area contributed by atoms with Crippen LogP contribution in [0.4, 0.5) is 5.13 Å². The Labute approximate surface area is 235 Å². The second-order valence-corrected chi connectivity index (χ2v) is 13.4. The molecule has 2 aromatic carbocycles. The van der Waals surface area contributed by atoms with E-state index in [-0.39, 0.29) is 35.0 Å². The van der Waals surface area contributed by atoms with E-state index in [4.69, 9.17) is 11.6 Å². The molecule has 11 heteroatoms. The number of benzene rings is 2. The van der Waals surface area contributed by atoms with Crippen molar-refractivity contribution in [2.24, 2.45) is 11.8 Å². The van der Waals surface area contributed by atoms with Gasteiger partial charge in [0.05, 0.1) is 15.1 Å². The number of sulfonamides is 1. The number of amides is 1. The minimum Gasteiger partial charge on any atom is -0.308 e. The van der Waals surface area contributed by atoms with E-state index < -0.39 is 10.0 Å². The summed E-state index contributed by atoms with van der Waals surface area (Å²) in [6.07, 6.45) is 0. The Bertz CT molecular complexity index is 1280. The molecule has 0 bridgehead atoms. The fraction of sp³-hybridized carbons (Fsp3) is 0.462. The first kappa shape index (κ1) is 31.5. The zero-order valence-electron chi connectivity index (χ0n) is 22.1. The van der Waals surface area contributed by atoms with E-state index in [1.807, 2.05) is 58.8 Å². The van der Waals surface area contributed by atoms with E-state index >= 15 is 0 Å². The minimum absolute atomic E-state index is 0. The maximum Gasteiger partial charge on any atom is 0.260 e. The van der Waals surface area contributed by atoms with Gasteiger partial charge in [0.15, 0.2) is 5.13 Å². The monoisotopic (exact) mass is 586 g/mol. The van der Waals surface area contributed by atoms with Gasteiger partial charge in [-0.15, -0.1) is 12.4 Å². The highest BCUT2D eigenvalue weighted by Crippen LogP contribution is 2.31. The zero-order chi connectivity index (χ0) is 26.6. The lowest BCUT2D eigenvalue weighted by atomic mass is 10.2. The molecular weight excluding hydrogens is 551 g/mol. The number of halogens is 2. The van der Waals surface area contributed by atoms with Crippen LogP contribution in [0.25, 0.3) is 10.2 Å². The Morgan fingerprint density at radius 3 is 2.11 bits per heavy atom. The first-order chi connectivity index (χ1) is 16.9. The molecule has 7 nitrogen and oxygen atoms in total. The van der Waals surface area contributed by atoms with Crippen molar-refractivity contribution in [3.05, 3.63) is 53.1 Å². The summed E-state index contributed by atoms with van der Waals surface area (Å²) in [6.45, 7) is 9.99. The maximum absolute atomic E-state index is 13.6. The van der Waals surface area contributed by atoms with E-state index in [0.717, 1.165) is 10.2 Å². The normalized spacial score (nSPS) is 12.1. The Kier molecular flexibility index (Phi) is 11.4. The van der Waals surface area contributed by atoms with E-state index in [2.05, 4.69) is 4.98 Å². The van der Waals surface area contributed by atoms with Crippen molar-refractivity contribution in [3.63, 3.8) is 0 Å². The van der Waals surface area contributed by atoms with Crippen molar-refractivity contribution < 1.29 is 13.2 Å². The highest BCUT2D eigenvalue weighted by Gasteiger charge is 2.27. The molecule has 0 N–H and O–H groups in total. The molecule has 1 amide bonds. The van der Waals surface area contributed by atoms with Gasteiger partial charge in [0, 0.05) is 36.8 Å². The lowest BCUT2D eigenvalue weighted by Crippen LogP contribution is -2.37. The third-order valence-electron chi connectivity index (χ3n) is 5.46. The van der Waals surface area contributed by atoms with Crippen molar-refractivity contribution in [2.45, 2.75) is 32.6 Å². The molecule has 0 aliphatic carbocycles. The summed E-state index contributed by atoms with van der Waals surface area (Å²) >= 11 is 7.54. The molecule has 0 atom stereocenters. The predicted molar refractivity (Wildman–Crippen MR) is 157 cm³/mol. The van der Waals surface area contributed by atoms with Crippen LogP contribution in [-0.2, 0) is 10.0 Å². The number of anilines is 1. The molecule has 1 heterocycles. The summed E-state index contributed by atoms with van der Waals surface area (Å²) in [6, 6.07) is 11.7. The van der Waals surface area contributed by atoms with Gasteiger partial charge in [-0.2, -0.15) is 4.31 Å². The SMILES string of the molecule is CC(C)CN(CC(C)C)S(=O)(=O)c1ccc(C(=O)N(CCN(C)C)c2nc3ccc(Cl)cc3s2)cc1.Cl. The Hall–Kier alpha value is -1.75. The van der Waals surface area contributed by atoms with Crippen molar-refractivity contribution in [1.82, 2.24) is 14.2 Å². The highest BCUT2D eigenvalue weighted by atomic mass is 35.5. The van der Waals surface area contributed by atoms with Gasteiger partial charge in [-0.25, -0.2) is 13.4 Å². The van der Waals surface area contributed by atoms with Gasteiger partial charge >= 0.3 is 0 Å². The van der Waals surface area contributed by atoms with E-state index in [1.54, 1.807) is 23.1 Å². The predicted octanol–water partition coefficient (Wildman–Crippen LogP) is 5.88. The summed E-state index contributed by atoms with van der Waals surface area (Å²) in [7, 11) is 0.220. The molecule has 37 heavy (non-hydrogen) atoms. The third-order valence-corrected chi connectivity index (χ3v) is 8.58. The quantitative estimate of drug-likeness (QED) is 0.280. The van der Waals surface area contributed by atoms with Crippen LogP contribution in [0, 0.1) is 11.8 Å². The number of nitrogens with zero attached hydrogens (tertiary/aromatic N) is 4. The Balaban J connectivity index is 0.00000481. The summed E-state index contributed by atoms with van der Waals surface area (Å²) < 4.78 is 29.1. The molecule has 0 unspecified atom stereocenters. The van der Waals surface area contributed by atoms with Crippen molar-refractivity contribution >= 4 is 66.6 Å². The van der Waals surface area contributed by atoms with Crippen LogP contribution in [0.1, 0.15) is 38.1 Å². The lowest BCUT2D eigenvalue weighted by molar-refractivity contribution is 0.0985. The average Bonchev–Trinajstić information content (AvgIpc) is 3.20. The molecule has 0 aliphatic rings. The minimum atomic E-state index is -3.67. The molecule has 1 aromatic heterocycles. The number of carbonyl (C=O) groups is 1. The summed E-state index contributed by atoms with van der Waals surface area (Å²) in [5, 5.41) is 1.19. The number of likely N-dealkylation sites (N-methyl/N-ethyl adjacent to an activating group) is 1. The summed E-state index contributed by atoms with van der Waals surface area (Å²) in [5.41, 5.74) is 1.18. The van der Waals surface area contributed by atoms with Crippen LogP contribution in [0.15, 0.2) is 47.4 Å². The van der Waals surface area contributed by atoms with Crippen LogP contribution in [0.5, 0.6) is 0 Å². The summed E-state index contributed by atoms with van der Waals surface area (Å²) in [4.78, 5) is 22.1. The smallest absolute Gasteiger partial charge is 0.260 e. The van der Waals surface area contributed by atoms with Gasteiger partial charge in [0.2, 0.25) is 10.0 Å². The second-order valence-electron chi connectivity index (χ2n) is 10.0. The van der Waals surface area contributed by atoms with Crippen LogP contribution in [-0.4, -0.2) is 68.8 Å². The average molecular weight is 588 g/mol. The molecule has 3 rings (SSSR count). The number of fused-ring (bicyclic) bond motifs is 1. The molecule has 0 saturated carbocycles. The zero-order valence-corrected chi connectivity index (χ0v) is 25.3. The van der Waals surface area contributed by atoms with E-state index in [1.165, 1.54) is 27.8 Å². The molecule has 0 saturated heterocycles. The third kappa shape index (κ3) is 8.12. The number of thiazole rings is 1. The molecule has 0 fully saturated rings. The van der Waals surface area contributed by atoms with E-state index in [9.17, 15) is 13.2 Å². The largest absolute Gasteiger partial charge is 0.308 e. The molecular formula is C26H36Cl2N4O3S2. The van der Waals surface area contributed by atoms with E-state index in [0.29, 0.717) is 41.9 Å². The van der Waals surface area contributed by atoms with Gasteiger partial charge in [-0.05, 0) is 68.4 Å². The van der Waals surface area contributed by atoms with Crippen LogP contribution >= 0.6 is 35.3 Å². The van der Waals surface area contributed by atoms with Crippen molar-refractivity contribution in [2.75, 3.05) is 45.2 Å². The Morgan fingerprint density at radius 1 is 0.973 bits per heavy atom. The van der Waals surface area contributed by atoms with Crippen LogP contribution in [0.2, 0.25) is 5.02 Å². The van der Waals surface area contributed by atoms with Crippen molar-refractivity contribution in [1.29, 1.82) is 0 Å². The number of carbonyl (C=O) groups excluding carboxylic acids is 1. The van der Waals surface area contributed by atoms with Gasteiger partial charge in [0.25, 0.3) is 5.91 Å². The fourth-order valence-corrected chi connectivity index (χ4v) is 6.78. The lowest BCUT2D eigenvalue weighted by Gasteiger charge is -2.26. The number of aromatic nitrogens is 1. The molecule has 0 aliphatic heterocycles. The number of hydrogen-bond donors (Lipinski definition) is 0. The van der Waals surface area contributed by atoms with Gasteiger partial charge in [0.1, 0.15) is 0 Å².